The van der Waals surface area contributed by atoms with Gasteiger partial charge in [0.05, 0.1) is 12.2 Å². The maximum Gasteiger partial charge on any atom is 0.332 e. The molecule has 5 nitrogen and oxygen atoms in total. The molecule has 1 aliphatic rings. The van der Waals surface area contributed by atoms with Crippen LogP contribution in [0.25, 0.3) is 0 Å². The average molecular weight is 295 g/mol. The van der Waals surface area contributed by atoms with Crippen LogP contribution in [0.2, 0.25) is 0 Å². The molecule has 0 amide bonds. The van der Waals surface area contributed by atoms with Gasteiger partial charge in [0.15, 0.2) is 17.0 Å². The minimum atomic E-state index is -1.13. The van der Waals surface area contributed by atoms with Gasteiger partial charge in [-0.05, 0) is 25.5 Å². The van der Waals surface area contributed by atoms with Gasteiger partial charge in [-0.1, -0.05) is 13.0 Å². The van der Waals surface area contributed by atoms with Gasteiger partial charge in [0.25, 0.3) is 0 Å². The highest BCUT2D eigenvalue weighted by atomic mass is 32.2. The third-order valence-corrected chi connectivity index (χ3v) is 4.28. The van der Waals surface area contributed by atoms with E-state index in [9.17, 15) is 9.90 Å². The summed E-state index contributed by atoms with van der Waals surface area (Å²) in [5.74, 6) is -0.187. The number of carbonyl (C=O) groups is 1. The summed E-state index contributed by atoms with van der Waals surface area (Å²) in [7, 11) is 0. The number of benzene rings is 1. The van der Waals surface area contributed by atoms with Crippen LogP contribution in [0.15, 0.2) is 23.2 Å². The first kappa shape index (κ1) is 14.7. The van der Waals surface area contributed by atoms with Crippen molar-refractivity contribution in [2.75, 3.05) is 12.4 Å². The number of aromatic hydroxyl groups is 1. The van der Waals surface area contributed by atoms with Gasteiger partial charge in [0.2, 0.25) is 0 Å². The van der Waals surface area contributed by atoms with E-state index in [1.165, 1.54) is 11.8 Å². The lowest BCUT2D eigenvalue weighted by atomic mass is 10.1. The third-order valence-electron chi connectivity index (χ3n) is 2.99. The maximum absolute atomic E-state index is 11.2. The van der Waals surface area contributed by atoms with E-state index in [1.807, 2.05) is 6.92 Å². The van der Waals surface area contributed by atoms with E-state index in [1.54, 1.807) is 25.1 Å². The second kappa shape index (κ2) is 5.75. The predicted octanol–water partition coefficient (Wildman–Crippen LogP) is 2.52. The van der Waals surface area contributed by atoms with Crippen molar-refractivity contribution in [1.29, 1.82) is 0 Å². The van der Waals surface area contributed by atoms with Crippen LogP contribution in [-0.4, -0.2) is 39.1 Å². The second-order valence-corrected chi connectivity index (χ2v) is 5.75. The first-order valence-corrected chi connectivity index (χ1v) is 7.37. The Labute approximate surface area is 121 Å². The Morgan fingerprint density at radius 2 is 2.30 bits per heavy atom. The molecule has 1 unspecified atom stereocenters. The molecule has 0 fully saturated rings. The molecule has 6 heteroatoms. The van der Waals surface area contributed by atoms with Crippen molar-refractivity contribution in [1.82, 2.24) is 0 Å². The number of carboxylic acids is 1. The molecule has 1 heterocycles. The van der Waals surface area contributed by atoms with Gasteiger partial charge < -0.3 is 14.9 Å². The van der Waals surface area contributed by atoms with Crippen molar-refractivity contribution in [3.05, 3.63) is 23.8 Å². The first-order chi connectivity index (χ1) is 9.48. The molecule has 2 N–H and O–H groups in total. The topological polar surface area (TPSA) is 79.1 Å². The van der Waals surface area contributed by atoms with Gasteiger partial charge in [-0.25, -0.2) is 4.79 Å². The van der Waals surface area contributed by atoms with Crippen LogP contribution in [0, 0.1) is 0 Å². The molecule has 1 aromatic rings. The molecule has 0 aromatic heterocycles. The molecule has 108 valence electrons. The molecule has 1 aromatic carbocycles. The fourth-order valence-corrected chi connectivity index (χ4v) is 2.96. The van der Waals surface area contributed by atoms with Crippen molar-refractivity contribution in [2.24, 2.45) is 4.99 Å². The predicted molar refractivity (Wildman–Crippen MR) is 78.9 cm³/mol. The van der Waals surface area contributed by atoms with Crippen LogP contribution >= 0.6 is 11.8 Å². The highest BCUT2D eigenvalue weighted by Crippen LogP contribution is 2.37. The lowest BCUT2D eigenvalue weighted by Gasteiger charge is -2.12. The number of ether oxygens (including phenoxy) is 1. The molecule has 1 aliphatic heterocycles. The minimum Gasteiger partial charge on any atom is -0.504 e. The Morgan fingerprint density at radius 1 is 1.55 bits per heavy atom. The van der Waals surface area contributed by atoms with Crippen molar-refractivity contribution < 1.29 is 19.7 Å². The van der Waals surface area contributed by atoms with Crippen LogP contribution in [0.4, 0.5) is 0 Å². The summed E-state index contributed by atoms with van der Waals surface area (Å²) in [6, 6.07) is 5.16. The van der Waals surface area contributed by atoms with Crippen LogP contribution < -0.4 is 4.74 Å². The maximum atomic E-state index is 11.2. The summed E-state index contributed by atoms with van der Waals surface area (Å²) in [5.41, 5.74) is -0.610. The molecule has 0 aliphatic carbocycles. The summed E-state index contributed by atoms with van der Waals surface area (Å²) < 4.78 is 5.46. The Kier molecular flexibility index (Phi) is 4.23. The van der Waals surface area contributed by atoms with Gasteiger partial charge in [-0.2, -0.15) is 0 Å². The van der Waals surface area contributed by atoms with Crippen molar-refractivity contribution in [3.63, 3.8) is 0 Å². The lowest BCUT2D eigenvalue weighted by Crippen LogP contribution is -2.33. The molecule has 1 atom stereocenters. The Bertz CT molecular complexity index is 558. The largest absolute Gasteiger partial charge is 0.504 e. The molecule has 0 radical (unpaired) electrons. The summed E-state index contributed by atoms with van der Waals surface area (Å²) in [5, 5.41) is 19.9. The Morgan fingerprint density at radius 3 is 2.90 bits per heavy atom. The summed E-state index contributed by atoms with van der Waals surface area (Å²) in [6.45, 7) is 4.07. The number of hydrogen-bond acceptors (Lipinski definition) is 5. The Hall–Kier alpha value is -1.69. The van der Waals surface area contributed by atoms with Crippen LogP contribution in [-0.2, 0) is 4.79 Å². The number of nitrogens with zero attached hydrogens (tertiary/aromatic N) is 1. The minimum absolute atomic E-state index is 0.0156. The van der Waals surface area contributed by atoms with Crippen molar-refractivity contribution in [2.45, 2.75) is 25.8 Å². The third kappa shape index (κ3) is 2.75. The Balaban J connectivity index is 2.33. The summed E-state index contributed by atoms with van der Waals surface area (Å²) >= 11 is 1.33. The molecule has 20 heavy (non-hydrogen) atoms. The number of aliphatic imine (C=N–C) groups is 1. The average Bonchev–Trinajstić information content (AvgIpc) is 2.81. The van der Waals surface area contributed by atoms with Crippen molar-refractivity contribution in [3.8, 4) is 11.5 Å². The van der Waals surface area contributed by atoms with E-state index in [-0.39, 0.29) is 5.75 Å². The molecule has 0 saturated heterocycles. The molecule has 2 rings (SSSR count). The van der Waals surface area contributed by atoms with Gasteiger partial charge in [-0.3, -0.25) is 4.99 Å². The summed E-state index contributed by atoms with van der Waals surface area (Å²) in [6.07, 6.45) is 0.844. The van der Waals surface area contributed by atoms with Crippen molar-refractivity contribution >= 4 is 22.8 Å². The molecule has 0 bridgehead atoms. The highest BCUT2D eigenvalue weighted by Gasteiger charge is 2.39. The lowest BCUT2D eigenvalue weighted by molar-refractivity contribution is -0.141. The number of rotatable bonds is 5. The zero-order valence-corrected chi connectivity index (χ0v) is 12.2. The normalized spacial score (nSPS) is 21.6. The fourth-order valence-electron chi connectivity index (χ4n) is 1.77. The number of carboxylic acid groups (broad SMARTS) is 1. The second-order valence-electron chi connectivity index (χ2n) is 4.79. The number of thioether (sulfide) groups is 1. The van der Waals surface area contributed by atoms with Crippen LogP contribution in [0.1, 0.15) is 25.8 Å². The van der Waals surface area contributed by atoms with E-state index in [0.29, 0.717) is 28.7 Å². The molecule has 0 spiro atoms. The quantitative estimate of drug-likeness (QED) is 0.872. The monoisotopic (exact) mass is 295 g/mol. The van der Waals surface area contributed by atoms with Gasteiger partial charge >= 0.3 is 5.97 Å². The highest BCUT2D eigenvalue weighted by molar-refractivity contribution is 8.14. The first-order valence-electron chi connectivity index (χ1n) is 6.39. The van der Waals surface area contributed by atoms with Gasteiger partial charge in [0.1, 0.15) is 5.04 Å². The molecular formula is C14H17NO4S. The molecular weight excluding hydrogens is 278 g/mol. The smallest absolute Gasteiger partial charge is 0.332 e. The van der Waals surface area contributed by atoms with E-state index in [2.05, 4.69) is 4.99 Å². The SMILES string of the molecule is CCCOc1cccc(C2=NC(C)(C(=O)O)CS2)c1O. The summed E-state index contributed by atoms with van der Waals surface area (Å²) in [4.78, 5) is 15.4. The van der Waals surface area contributed by atoms with E-state index < -0.39 is 11.5 Å². The van der Waals surface area contributed by atoms with E-state index in [4.69, 9.17) is 9.84 Å². The van der Waals surface area contributed by atoms with Gasteiger partial charge in [-0.15, -0.1) is 11.8 Å². The molecule has 0 saturated carbocycles. The number of hydrogen-bond donors (Lipinski definition) is 2. The van der Waals surface area contributed by atoms with E-state index >= 15 is 0 Å². The number of phenols is 1. The number of aliphatic carboxylic acids is 1. The fraction of sp³-hybridized carbons (Fsp3) is 0.429. The number of para-hydroxylation sites is 1. The zero-order valence-electron chi connectivity index (χ0n) is 11.4. The zero-order chi connectivity index (χ0) is 14.8. The standard InChI is InChI=1S/C14H17NO4S/c1-3-7-19-10-6-4-5-9(11(10)16)12-15-14(2,8-20-12)13(17)18/h4-6,16H,3,7-8H2,1-2H3,(H,17,18). The van der Waals surface area contributed by atoms with Crippen LogP contribution in [0.5, 0.6) is 11.5 Å². The van der Waals surface area contributed by atoms with Crippen LogP contribution in [0.3, 0.4) is 0 Å². The van der Waals surface area contributed by atoms with E-state index in [0.717, 1.165) is 6.42 Å². The van der Waals surface area contributed by atoms with Gasteiger partial charge in [0, 0.05) is 5.75 Å². The number of phenolic OH excluding ortho intramolecular Hbond substituents is 1.